The summed E-state index contributed by atoms with van der Waals surface area (Å²) in [7, 11) is 0. The highest BCUT2D eigenvalue weighted by Gasteiger charge is 2.34. The Hall–Kier alpha value is -4.46. The summed E-state index contributed by atoms with van der Waals surface area (Å²) in [4.78, 5) is 34.8. The van der Waals surface area contributed by atoms with Crippen molar-refractivity contribution in [3.63, 3.8) is 0 Å². The molecule has 1 aromatic heterocycles. The first-order valence-electron chi connectivity index (χ1n) is 14.6. The average molecular weight is 622 g/mol. The molecule has 1 aliphatic rings. The molecule has 0 fully saturated rings. The van der Waals surface area contributed by atoms with Gasteiger partial charge in [0, 0.05) is 18.1 Å². The predicted molar refractivity (Wildman–Crippen MR) is 178 cm³/mol. The van der Waals surface area contributed by atoms with Gasteiger partial charge in [-0.15, -0.1) is 0 Å². The summed E-state index contributed by atoms with van der Waals surface area (Å²) < 4.78 is 8.29. The smallest absolute Gasteiger partial charge is 0.271 e. The van der Waals surface area contributed by atoms with Crippen LogP contribution in [0.1, 0.15) is 43.5 Å². The van der Waals surface area contributed by atoms with Crippen molar-refractivity contribution < 1.29 is 9.53 Å². The summed E-state index contributed by atoms with van der Waals surface area (Å²) in [5, 5.41) is 2.95. The van der Waals surface area contributed by atoms with Crippen molar-refractivity contribution in [2.45, 2.75) is 33.4 Å². The normalized spacial score (nSPS) is 14.8. The molecule has 0 saturated heterocycles. The van der Waals surface area contributed by atoms with Crippen LogP contribution in [0.5, 0.6) is 5.75 Å². The van der Waals surface area contributed by atoms with Crippen LogP contribution in [-0.2, 0) is 11.4 Å². The molecule has 0 radical (unpaired) electrons. The molecule has 6 nitrogen and oxygen atoms in total. The van der Waals surface area contributed by atoms with Gasteiger partial charge < -0.3 is 9.64 Å². The van der Waals surface area contributed by atoms with Crippen LogP contribution in [-0.4, -0.2) is 28.5 Å². The van der Waals surface area contributed by atoms with E-state index in [2.05, 4.69) is 24.3 Å². The lowest BCUT2D eigenvalue weighted by molar-refractivity contribution is -0.127. The standard InChI is InChI=1S/C36H32ClN3O3S/c1-4-39(5-2)35(42)32-23(3)38-36-40(33(32)26-15-17-28(37)18-16-26)34(41)31(44-36)21-24-13-19-29(20-14-24)43-22-27-11-8-10-25-9-6-7-12-30(25)27/h6-21,33H,4-5,22H2,1-3H3/b31-21+/t33-/m0/s1. The number of amides is 1. The fraction of sp³-hybridized carbons (Fsp3) is 0.194. The van der Waals surface area contributed by atoms with Gasteiger partial charge in [0.25, 0.3) is 11.5 Å². The molecule has 44 heavy (non-hydrogen) atoms. The molecule has 5 aromatic rings. The zero-order valence-corrected chi connectivity index (χ0v) is 26.4. The molecule has 6 rings (SSSR count). The highest BCUT2D eigenvalue weighted by Crippen LogP contribution is 2.32. The van der Waals surface area contributed by atoms with Crippen molar-refractivity contribution in [2.75, 3.05) is 13.1 Å². The number of carbonyl (C=O) groups excluding carboxylic acids is 1. The molecule has 0 unspecified atom stereocenters. The number of carbonyl (C=O) groups is 1. The first-order chi connectivity index (χ1) is 21.4. The molecule has 1 amide bonds. The van der Waals surface area contributed by atoms with Crippen molar-refractivity contribution in [1.82, 2.24) is 9.47 Å². The molecule has 0 spiro atoms. The van der Waals surface area contributed by atoms with Crippen LogP contribution in [0.15, 0.2) is 112 Å². The SMILES string of the molecule is CCN(CC)C(=O)C1=C(C)N=c2s/c(=C/c3ccc(OCc4cccc5ccccc45)cc3)c(=O)n2[C@H]1c1ccc(Cl)cc1. The van der Waals surface area contributed by atoms with E-state index in [0.717, 1.165) is 22.4 Å². The van der Waals surface area contributed by atoms with Gasteiger partial charge >= 0.3 is 0 Å². The molecule has 2 heterocycles. The van der Waals surface area contributed by atoms with E-state index in [4.69, 9.17) is 21.3 Å². The zero-order chi connectivity index (χ0) is 30.8. The highest BCUT2D eigenvalue weighted by atomic mass is 35.5. The first kappa shape index (κ1) is 29.6. The number of rotatable bonds is 8. The number of aromatic nitrogens is 1. The third-order valence-corrected chi connectivity index (χ3v) is 9.18. The Kier molecular flexibility index (Phi) is 8.51. The average Bonchev–Trinajstić information content (AvgIpc) is 3.34. The molecule has 1 aliphatic heterocycles. The van der Waals surface area contributed by atoms with Crippen LogP contribution in [0.4, 0.5) is 0 Å². The minimum absolute atomic E-state index is 0.121. The molecule has 222 valence electrons. The number of thiazole rings is 1. The summed E-state index contributed by atoms with van der Waals surface area (Å²) >= 11 is 7.52. The number of nitrogens with zero attached hydrogens (tertiary/aromatic N) is 3. The van der Waals surface area contributed by atoms with Crippen LogP contribution in [0.25, 0.3) is 16.8 Å². The molecule has 0 N–H and O–H groups in total. The Morgan fingerprint density at radius 1 is 0.977 bits per heavy atom. The molecule has 0 aliphatic carbocycles. The number of likely N-dealkylation sites (N-methyl/N-ethyl adjacent to an activating group) is 1. The van der Waals surface area contributed by atoms with Crippen LogP contribution in [0.3, 0.4) is 0 Å². The second-order valence-corrected chi connectivity index (χ2v) is 12.1. The van der Waals surface area contributed by atoms with E-state index in [1.165, 1.54) is 22.1 Å². The highest BCUT2D eigenvalue weighted by molar-refractivity contribution is 7.07. The molecular formula is C36H32ClN3O3S. The van der Waals surface area contributed by atoms with E-state index in [9.17, 15) is 9.59 Å². The minimum Gasteiger partial charge on any atom is -0.489 e. The third kappa shape index (κ3) is 5.73. The first-order valence-corrected chi connectivity index (χ1v) is 15.8. The van der Waals surface area contributed by atoms with E-state index in [1.807, 2.05) is 81.4 Å². The molecule has 8 heteroatoms. The lowest BCUT2D eigenvalue weighted by Gasteiger charge is -2.29. The van der Waals surface area contributed by atoms with Gasteiger partial charge in [-0.25, -0.2) is 4.99 Å². The third-order valence-electron chi connectivity index (χ3n) is 7.94. The van der Waals surface area contributed by atoms with Crippen molar-refractivity contribution in [3.05, 3.63) is 144 Å². The Bertz CT molecular complexity index is 2050. The predicted octanol–water partition coefficient (Wildman–Crippen LogP) is 6.49. The number of allylic oxidation sites excluding steroid dienone is 1. The minimum atomic E-state index is -0.608. The maximum atomic E-state index is 14.0. The van der Waals surface area contributed by atoms with Crippen LogP contribution < -0.4 is 19.6 Å². The van der Waals surface area contributed by atoms with E-state index in [1.54, 1.807) is 21.6 Å². The second kappa shape index (κ2) is 12.6. The molecule has 1 atom stereocenters. The van der Waals surface area contributed by atoms with Crippen LogP contribution in [0.2, 0.25) is 5.02 Å². The molecule has 4 aromatic carbocycles. The summed E-state index contributed by atoms with van der Waals surface area (Å²) in [6.07, 6.45) is 1.86. The van der Waals surface area contributed by atoms with E-state index in [-0.39, 0.29) is 11.5 Å². The van der Waals surface area contributed by atoms with Gasteiger partial charge in [-0.05, 0) is 78.6 Å². The van der Waals surface area contributed by atoms with Gasteiger partial charge in [0.2, 0.25) is 0 Å². The monoisotopic (exact) mass is 621 g/mol. The number of halogens is 1. The number of hydrogen-bond acceptors (Lipinski definition) is 5. The number of hydrogen-bond donors (Lipinski definition) is 0. The maximum absolute atomic E-state index is 14.0. The van der Waals surface area contributed by atoms with Crippen LogP contribution in [0, 0.1) is 0 Å². The van der Waals surface area contributed by atoms with Gasteiger partial charge in [0.15, 0.2) is 4.80 Å². The quantitative estimate of drug-likeness (QED) is 0.199. The van der Waals surface area contributed by atoms with Gasteiger partial charge in [-0.3, -0.25) is 14.2 Å². The number of benzene rings is 4. The Balaban J connectivity index is 1.33. The largest absolute Gasteiger partial charge is 0.489 e. The van der Waals surface area contributed by atoms with Crippen molar-refractivity contribution in [1.29, 1.82) is 0 Å². The number of fused-ring (bicyclic) bond motifs is 2. The van der Waals surface area contributed by atoms with E-state index in [0.29, 0.717) is 45.3 Å². The van der Waals surface area contributed by atoms with Gasteiger partial charge in [0.1, 0.15) is 12.4 Å². The maximum Gasteiger partial charge on any atom is 0.271 e. The topological polar surface area (TPSA) is 63.9 Å². The number of ether oxygens (including phenoxy) is 1. The van der Waals surface area contributed by atoms with Crippen molar-refractivity contribution in [2.24, 2.45) is 4.99 Å². The van der Waals surface area contributed by atoms with Crippen molar-refractivity contribution in [3.8, 4) is 5.75 Å². The lowest BCUT2D eigenvalue weighted by Crippen LogP contribution is -2.43. The van der Waals surface area contributed by atoms with Gasteiger partial charge in [0.05, 0.1) is 21.8 Å². The Morgan fingerprint density at radius 2 is 1.68 bits per heavy atom. The van der Waals surface area contributed by atoms with E-state index < -0.39 is 6.04 Å². The Morgan fingerprint density at radius 3 is 2.41 bits per heavy atom. The van der Waals surface area contributed by atoms with Gasteiger partial charge in [-0.2, -0.15) is 0 Å². The Labute approximate surface area is 264 Å². The lowest BCUT2D eigenvalue weighted by atomic mass is 9.94. The van der Waals surface area contributed by atoms with Crippen molar-refractivity contribution >= 4 is 45.7 Å². The van der Waals surface area contributed by atoms with Crippen LogP contribution >= 0.6 is 22.9 Å². The summed E-state index contributed by atoms with van der Waals surface area (Å²) in [6, 6.07) is 28.9. The second-order valence-electron chi connectivity index (χ2n) is 10.6. The zero-order valence-electron chi connectivity index (χ0n) is 24.8. The summed E-state index contributed by atoms with van der Waals surface area (Å²) in [5.74, 6) is 0.624. The molecular weight excluding hydrogens is 590 g/mol. The fourth-order valence-corrected chi connectivity index (χ4v) is 6.80. The molecule has 0 bridgehead atoms. The van der Waals surface area contributed by atoms with Gasteiger partial charge in [-0.1, -0.05) is 89.7 Å². The summed E-state index contributed by atoms with van der Waals surface area (Å²) in [5.41, 5.74) is 3.72. The molecule has 0 saturated carbocycles. The summed E-state index contributed by atoms with van der Waals surface area (Å²) in [6.45, 7) is 7.32. The van der Waals surface area contributed by atoms with E-state index >= 15 is 0 Å². The fourth-order valence-electron chi connectivity index (χ4n) is 5.63.